The Morgan fingerprint density at radius 1 is 0.879 bits per heavy atom. The standard InChI is InChI=1S/C27H20BrN3O2/c1-2-33-27(32)23-17-22-25(19-13-15-20(28)16-14-19)30-31(21-11-7-4-8-12-21)26(22)29-24(23)18-9-5-3-6-10-18/h3-17H,2H2,1H3. The third-order valence-electron chi connectivity index (χ3n) is 5.32. The van der Waals surface area contributed by atoms with Crippen molar-refractivity contribution in [2.24, 2.45) is 0 Å². The van der Waals surface area contributed by atoms with Crippen molar-refractivity contribution >= 4 is 32.9 Å². The molecule has 0 atom stereocenters. The third kappa shape index (κ3) is 4.05. The number of pyridine rings is 1. The lowest BCUT2D eigenvalue weighted by atomic mass is 10.0. The molecule has 5 rings (SSSR count). The summed E-state index contributed by atoms with van der Waals surface area (Å²) in [5, 5.41) is 5.71. The van der Waals surface area contributed by atoms with Crippen molar-refractivity contribution in [3.05, 3.63) is 101 Å². The smallest absolute Gasteiger partial charge is 0.340 e. The molecular formula is C27H20BrN3O2. The first-order valence-corrected chi connectivity index (χ1v) is 11.4. The predicted octanol–water partition coefficient (Wildman–Crippen LogP) is 6.69. The van der Waals surface area contributed by atoms with Gasteiger partial charge in [-0.3, -0.25) is 0 Å². The lowest BCUT2D eigenvalue weighted by molar-refractivity contribution is 0.0527. The first-order chi connectivity index (χ1) is 16.2. The van der Waals surface area contributed by atoms with Gasteiger partial charge in [-0.1, -0.05) is 76.6 Å². The number of benzene rings is 3. The molecule has 0 saturated heterocycles. The van der Waals surface area contributed by atoms with Gasteiger partial charge >= 0.3 is 5.97 Å². The molecule has 33 heavy (non-hydrogen) atoms. The Morgan fingerprint density at radius 2 is 1.52 bits per heavy atom. The highest BCUT2D eigenvalue weighted by Crippen LogP contribution is 2.34. The third-order valence-corrected chi connectivity index (χ3v) is 5.85. The number of halogens is 1. The Balaban J connectivity index is 1.84. The molecule has 0 spiro atoms. The molecule has 0 bridgehead atoms. The summed E-state index contributed by atoms with van der Waals surface area (Å²) >= 11 is 3.49. The normalized spacial score (nSPS) is 11.0. The summed E-state index contributed by atoms with van der Waals surface area (Å²) in [5.41, 5.74) is 5.07. The van der Waals surface area contributed by atoms with Crippen LogP contribution < -0.4 is 0 Å². The summed E-state index contributed by atoms with van der Waals surface area (Å²) in [7, 11) is 0. The molecule has 0 unspecified atom stereocenters. The summed E-state index contributed by atoms with van der Waals surface area (Å²) in [6.07, 6.45) is 0. The van der Waals surface area contributed by atoms with Gasteiger partial charge in [-0.05, 0) is 37.3 Å². The quantitative estimate of drug-likeness (QED) is 0.253. The van der Waals surface area contributed by atoms with Crippen LogP contribution in [-0.2, 0) is 4.74 Å². The van der Waals surface area contributed by atoms with Gasteiger partial charge in [0, 0.05) is 21.0 Å². The van der Waals surface area contributed by atoms with Gasteiger partial charge in [0.15, 0.2) is 5.65 Å². The maximum absolute atomic E-state index is 13.0. The van der Waals surface area contributed by atoms with E-state index in [0.717, 1.165) is 32.4 Å². The molecule has 5 nitrogen and oxygen atoms in total. The van der Waals surface area contributed by atoms with E-state index in [1.807, 2.05) is 95.7 Å². The van der Waals surface area contributed by atoms with Crippen LogP contribution >= 0.6 is 15.9 Å². The highest BCUT2D eigenvalue weighted by Gasteiger charge is 2.22. The maximum atomic E-state index is 13.0. The molecule has 6 heteroatoms. The molecule has 0 aliphatic rings. The average Bonchev–Trinajstić information content (AvgIpc) is 3.23. The van der Waals surface area contributed by atoms with E-state index in [1.54, 1.807) is 6.92 Å². The Kier molecular flexibility index (Phi) is 5.75. The molecule has 2 heterocycles. The molecule has 0 amide bonds. The lowest BCUT2D eigenvalue weighted by Gasteiger charge is -2.10. The molecule has 3 aromatic carbocycles. The number of ether oxygens (including phenoxy) is 1. The number of fused-ring (bicyclic) bond motifs is 1. The van der Waals surface area contributed by atoms with E-state index in [-0.39, 0.29) is 6.61 Å². The van der Waals surface area contributed by atoms with Gasteiger partial charge < -0.3 is 4.74 Å². The summed E-state index contributed by atoms with van der Waals surface area (Å²) in [4.78, 5) is 17.9. The minimum absolute atomic E-state index is 0.286. The molecular weight excluding hydrogens is 478 g/mol. The van der Waals surface area contributed by atoms with Gasteiger partial charge in [0.2, 0.25) is 0 Å². The minimum atomic E-state index is -0.403. The molecule has 0 aliphatic heterocycles. The predicted molar refractivity (Wildman–Crippen MR) is 133 cm³/mol. The van der Waals surface area contributed by atoms with Gasteiger partial charge in [-0.25, -0.2) is 14.5 Å². The summed E-state index contributed by atoms with van der Waals surface area (Å²) in [5.74, 6) is -0.403. The van der Waals surface area contributed by atoms with E-state index >= 15 is 0 Å². The summed E-state index contributed by atoms with van der Waals surface area (Å²) in [6, 6.07) is 29.3. The number of aromatic nitrogens is 3. The van der Waals surface area contributed by atoms with Gasteiger partial charge in [-0.2, -0.15) is 5.10 Å². The molecule has 5 aromatic rings. The van der Waals surface area contributed by atoms with Crippen LogP contribution in [0.15, 0.2) is 95.5 Å². The first kappa shape index (κ1) is 21.1. The fraction of sp³-hybridized carbons (Fsp3) is 0.0741. The lowest BCUT2D eigenvalue weighted by Crippen LogP contribution is -2.08. The van der Waals surface area contributed by atoms with Crippen molar-refractivity contribution in [3.8, 4) is 28.2 Å². The zero-order chi connectivity index (χ0) is 22.8. The van der Waals surface area contributed by atoms with Crippen LogP contribution in [0.25, 0.3) is 39.2 Å². The van der Waals surface area contributed by atoms with Gasteiger partial charge in [0.05, 0.1) is 23.6 Å². The van der Waals surface area contributed by atoms with E-state index in [9.17, 15) is 4.79 Å². The fourth-order valence-electron chi connectivity index (χ4n) is 3.79. The summed E-state index contributed by atoms with van der Waals surface area (Å²) < 4.78 is 8.19. The zero-order valence-corrected chi connectivity index (χ0v) is 19.5. The van der Waals surface area contributed by atoms with Crippen molar-refractivity contribution in [2.75, 3.05) is 6.61 Å². The van der Waals surface area contributed by atoms with Crippen LogP contribution in [0.4, 0.5) is 0 Å². The van der Waals surface area contributed by atoms with Crippen LogP contribution in [0, 0.1) is 0 Å². The molecule has 0 aliphatic carbocycles. The number of carbonyl (C=O) groups is 1. The number of para-hydroxylation sites is 1. The SMILES string of the molecule is CCOC(=O)c1cc2c(-c3ccc(Br)cc3)nn(-c3ccccc3)c2nc1-c1ccccc1. The number of rotatable bonds is 5. The second-order valence-electron chi connectivity index (χ2n) is 7.45. The number of hydrogen-bond donors (Lipinski definition) is 0. The van der Waals surface area contributed by atoms with Crippen LogP contribution in [-0.4, -0.2) is 27.3 Å². The van der Waals surface area contributed by atoms with Crippen molar-refractivity contribution < 1.29 is 9.53 Å². The second kappa shape index (κ2) is 9.00. The largest absolute Gasteiger partial charge is 0.462 e. The monoisotopic (exact) mass is 497 g/mol. The van der Waals surface area contributed by atoms with Crippen LogP contribution in [0.1, 0.15) is 17.3 Å². The van der Waals surface area contributed by atoms with Crippen molar-refractivity contribution in [3.63, 3.8) is 0 Å². The topological polar surface area (TPSA) is 57.0 Å². The number of esters is 1. The van der Waals surface area contributed by atoms with E-state index in [4.69, 9.17) is 14.8 Å². The molecule has 2 aromatic heterocycles. The highest BCUT2D eigenvalue weighted by molar-refractivity contribution is 9.10. The van der Waals surface area contributed by atoms with E-state index in [0.29, 0.717) is 16.9 Å². The highest BCUT2D eigenvalue weighted by atomic mass is 79.9. The number of hydrogen-bond acceptors (Lipinski definition) is 4. The van der Waals surface area contributed by atoms with Crippen molar-refractivity contribution in [1.82, 2.24) is 14.8 Å². The zero-order valence-electron chi connectivity index (χ0n) is 17.9. The van der Waals surface area contributed by atoms with E-state index in [2.05, 4.69) is 15.9 Å². The molecule has 0 N–H and O–H groups in total. The summed E-state index contributed by atoms with van der Waals surface area (Å²) in [6.45, 7) is 2.08. The van der Waals surface area contributed by atoms with Gasteiger partial charge in [0.25, 0.3) is 0 Å². The minimum Gasteiger partial charge on any atom is -0.462 e. The molecule has 0 radical (unpaired) electrons. The van der Waals surface area contributed by atoms with Gasteiger partial charge in [0.1, 0.15) is 5.69 Å². The Hall–Kier alpha value is -3.77. The molecule has 0 fully saturated rings. The van der Waals surface area contributed by atoms with Crippen LogP contribution in [0.3, 0.4) is 0 Å². The average molecular weight is 498 g/mol. The Morgan fingerprint density at radius 3 is 2.18 bits per heavy atom. The Labute approximate surface area is 199 Å². The van der Waals surface area contributed by atoms with Crippen molar-refractivity contribution in [1.29, 1.82) is 0 Å². The Bertz CT molecular complexity index is 1430. The van der Waals surface area contributed by atoms with E-state index < -0.39 is 5.97 Å². The second-order valence-corrected chi connectivity index (χ2v) is 8.36. The van der Waals surface area contributed by atoms with E-state index in [1.165, 1.54) is 0 Å². The van der Waals surface area contributed by atoms with Crippen molar-refractivity contribution in [2.45, 2.75) is 6.92 Å². The molecule has 162 valence electrons. The number of carbonyl (C=O) groups excluding carboxylic acids is 1. The first-order valence-electron chi connectivity index (χ1n) is 10.6. The number of nitrogens with zero attached hydrogens (tertiary/aromatic N) is 3. The molecule has 0 saturated carbocycles. The van der Waals surface area contributed by atoms with Crippen LogP contribution in [0.5, 0.6) is 0 Å². The van der Waals surface area contributed by atoms with Gasteiger partial charge in [-0.15, -0.1) is 0 Å². The fourth-order valence-corrected chi connectivity index (χ4v) is 4.06. The van der Waals surface area contributed by atoms with Crippen LogP contribution in [0.2, 0.25) is 0 Å². The maximum Gasteiger partial charge on any atom is 0.340 e.